The number of thiazole rings is 1. The summed E-state index contributed by atoms with van der Waals surface area (Å²) in [5.41, 5.74) is 1.23. The molecule has 2 aromatic rings. The molecule has 1 saturated heterocycles. The molecular formula is C17H22N4O2S. The molecule has 128 valence electrons. The van der Waals surface area contributed by atoms with Crippen LogP contribution in [0.2, 0.25) is 0 Å². The predicted molar refractivity (Wildman–Crippen MR) is 94.3 cm³/mol. The van der Waals surface area contributed by atoms with Gasteiger partial charge in [0, 0.05) is 37.3 Å². The molecule has 1 aliphatic rings. The van der Waals surface area contributed by atoms with Gasteiger partial charge in [0.15, 0.2) is 5.13 Å². The maximum absolute atomic E-state index is 11.1. The number of nitrogens with one attached hydrogen (secondary N) is 1. The molecule has 0 aliphatic carbocycles. The molecule has 0 aromatic carbocycles. The lowest BCUT2D eigenvalue weighted by Gasteiger charge is -2.14. The third-order valence-electron chi connectivity index (χ3n) is 4.12. The van der Waals surface area contributed by atoms with Crippen molar-refractivity contribution in [1.82, 2.24) is 14.9 Å². The van der Waals surface area contributed by atoms with Crippen molar-refractivity contribution in [3.63, 3.8) is 0 Å². The van der Waals surface area contributed by atoms with E-state index in [0.717, 1.165) is 31.8 Å². The Labute approximate surface area is 145 Å². The normalized spacial score (nSPS) is 17.8. The van der Waals surface area contributed by atoms with Crippen molar-refractivity contribution >= 4 is 22.4 Å². The van der Waals surface area contributed by atoms with Gasteiger partial charge in [0.2, 0.25) is 5.91 Å². The van der Waals surface area contributed by atoms with Crippen molar-refractivity contribution in [2.75, 3.05) is 25.5 Å². The van der Waals surface area contributed by atoms with Crippen molar-refractivity contribution in [2.24, 2.45) is 5.92 Å². The molecule has 0 radical (unpaired) electrons. The summed E-state index contributed by atoms with van der Waals surface area (Å²) < 4.78 is 5.24. The Balaban J connectivity index is 1.51. The van der Waals surface area contributed by atoms with Gasteiger partial charge in [-0.1, -0.05) is 0 Å². The lowest BCUT2D eigenvalue weighted by molar-refractivity contribution is -0.114. The highest BCUT2D eigenvalue weighted by molar-refractivity contribution is 7.15. The standard InChI is InChI=1S/C17H22N4O2S/c1-12(22)20-17-19-9-16(24-17)11-21-4-3-13(10-21)5-14-6-15(23-2)8-18-7-14/h6-9,13H,3-5,10-11H2,1-2H3,(H,19,20,22). The molecule has 1 N–H and O–H groups in total. The van der Waals surface area contributed by atoms with Gasteiger partial charge in [-0.2, -0.15) is 0 Å². The summed E-state index contributed by atoms with van der Waals surface area (Å²) in [6.45, 7) is 4.56. The van der Waals surface area contributed by atoms with Crippen LogP contribution in [0.4, 0.5) is 5.13 Å². The summed E-state index contributed by atoms with van der Waals surface area (Å²) in [6, 6.07) is 2.07. The lowest BCUT2D eigenvalue weighted by atomic mass is 10.00. The van der Waals surface area contributed by atoms with E-state index in [1.165, 1.54) is 23.8 Å². The maximum Gasteiger partial charge on any atom is 0.223 e. The minimum atomic E-state index is -0.0796. The van der Waals surface area contributed by atoms with Gasteiger partial charge in [0.05, 0.1) is 13.3 Å². The highest BCUT2D eigenvalue weighted by Gasteiger charge is 2.23. The first-order valence-electron chi connectivity index (χ1n) is 8.05. The highest BCUT2D eigenvalue weighted by atomic mass is 32.1. The fourth-order valence-corrected chi connectivity index (χ4v) is 3.95. The molecule has 6 nitrogen and oxygen atoms in total. The minimum absolute atomic E-state index is 0.0796. The highest BCUT2D eigenvalue weighted by Crippen LogP contribution is 2.26. The summed E-state index contributed by atoms with van der Waals surface area (Å²) in [5, 5.41) is 3.41. The van der Waals surface area contributed by atoms with E-state index in [0.29, 0.717) is 11.0 Å². The topological polar surface area (TPSA) is 67.3 Å². The molecule has 0 spiro atoms. The molecule has 1 amide bonds. The molecule has 24 heavy (non-hydrogen) atoms. The lowest BCUT2D eigenvalue weighted by Crippen LogP contribution is -2.20. The third kappa shape index (κ3) is 4.52. The van der Waals surface area contributed by atoms with Gasteiger partial charge in [-0.05, 0) is 36.9 Å². The summed E-state index contributed by atoms with van der Waals surface area (Å²) in [4.78, 5) is 23.2. The van der Waals surface area contributed by atoms with Crippen LogP contribution < -0.4 is 10.1 Å². The first kappa shape index (κ1) is 16.9. The Bertz CT molecular complexity index is 703. The van der Waals surface area contributed by atoms with Crippen molar-refractivity contribution in [3.05, 3.63) is 35.1 Å². The monoisotopic (exact) mass is 346 g/mol. The summed E-state index contributed by atoms with van der Waals surface area (Å²) in [6.07, 6.45) is 7.74. The van der Waals surface area contributed by atoms with E-state index in [1.807, 2.05) is 12.4 Å². The molecule has 3 heterocycles. The quantitative estimate of drug-likeness (QED) is 0.871. The number of carbonyl (C=O) groups excluding carboxylic acids is 1. The Morgan fingerprint density at radius 2 is 2.33 bits per heavy atom. The zero-order valence-corrected chi connectivity index (χ0v) is 14.8. The van der Waals surface area contributed by atoms with E-state index in [1.54, 1.807) is 24.6 Å². The third-order valence-corrected chi connectivity index (χ3v) is 5.01. The molecule has 3 rings (SSSR count). The van der Waals surface area contributed by atoms with Gasteiger partial charge < -0.3 is 10.1 Å². The Morgan fingerprint density at radius 3 is 3.12 bits per heavy atom. The van der Waals surface area contributed by atoms with Crippen LogP contribution >= 0.6 is 11.3 Å². The van der Waals surface area contributed by atoms with Gasteiger partial charge in [0.25, 0.3) is 0 Å². The number of methoxy groups -OCH3 is 1. The van der Waals surface area contributed by atoms with Crippen LogP contribution in [-0.2, 0) is 17.8 Å². The number of likely N-dealkylation sites (tertiary alicyclic amines) is 1. The van der Waals surface area contributed by atoms with Gasteiger partial charge in [-0.3, -0.25) is 14.7 Å². The smallest absolute Gasteiger partial charge is 0.223 e. The first-order valence-corrected chi connectivity index (χ1v) is 8.86. The summed E-state index contributed by atoms with van der Waals surface area (Å²) >= 11 is 1.55. The molecule has 0 bridgehead atoms. The average molecular weight is 346 g/mol. The SMILES string of the molecule is COc1cncc(CC2CCN(Cc3cnc(NC(C)=O)s3)C2)c1. The number of aromatic nitrogens is 2. The molecule has 0 saturated carbocycles. The van der Waals surface area contributed by atoms with Crippen LogP contribution in [0.5, 0.6) is 5.75 Å². The molecule has 1 atom stereocenters. The molecular weight excluding hydrogens is 324 g/mol. The Morgan fingerprint density at radius 1 is 1.46 bits per heavy atom. The van der Waals surface area contributed by atoms with E-state index in [9.17, 15) is 4.79 Å². The Kier molecular flexibility index (Phi) is 5.42. The number of hydrogen-bond donors (Lipinski definition) is 1. The predicted octanol–water partition coefficient (Wildman–Crippen LogP) is 2.57. The number of hydrogen-bond acceptors (Lipinski definition) is 6. The second-order valence-corrected chi connectivity index (χ2v) is 7.26. The number of ether oxygens (including phenoxy) is 1. The van der Waals surface area contributed by atoms with Gasteiger partial charge in [-0.25, -0.2) is 4.98 Å². The van der Waals surface area contributed by atoms with Crippen LogP contribution in [0.1, 0.15) is 23.8 Å². The second-order valence-electron chi connectivity index (χ2n) is 6.14. The number of anilines is 1. The van der Waals surface area contributed by atoms with Gasteiger partial charge >= 0.3 is 0 Å². The van der Waals surface area contributed by atoms with Crippen molar-refractivity contribution in [2.45, 2.75) is 26.3 Å². The van der Waals surface area contributed by atoms with Crippen LogP contribution in [0, 0.1) is 5.92 Å². The van der Waals surface area contributed by atoms with E-state index in [2.05, 4.69) is 26.3 Å². The van der Waals surface area contributed by atoms with Crippen molar-refractivity contribution in [1.29, 1.82) is 0 Å². The number of nitrogens with zero attached hydrogens (tertiary/aromatic N) is 3. The largest absolute Gasteiger partial charge is 0.495 e. The first-order chi connectivity index (χ1) is 11.6. The van der Waals surface area contributed by atoms with Crippen molar-refractivity contribution in [3.8, 4) is 5.75 Å². The average Bonchev–Trinajstić information content (AvgIpc) is 3.17. The number of pyridine rings is 1. The summed E-state index contributed by atoms with van der Waals surface area (Å²) in [5.74, 6) is 1.38. The molecule has 1 unspecified atom stereocenters. The van der Waals surface area contributed by atoms with Gasteiger partial charge in [-0.15, -0.1) is 11.3 Å². The van der Waals surface area contributed by atoms with E-state index in [-0.39, 0.29) is 5.91 Å². The number of carbonyl (C=O) groups is 1. The van der Waals surface area contributed by atoms with Crippen LogP contribution in [0.3, 0.4) is 0 Å². The summed E-state index contributed by atoms with van der Waals surface area (Å²) in [7, 11) is 1.67. The second kappa shape index (κ2) is 7.72. The van der Waals surface area contributed by atoms with Crippen molar-refractivity contribution < 1.29 is 9.53 Å². The molecule has 7 heteroatoms. The Hall–Kier alpha value is -1.99. The molecule has 2 aromatic heterocycles. The van der Waals surface area contributed by atoms with E-state index in [4.69, 9.17) is 4.74 Å². The van der Waals surface area contributed by atoms with Crippen LogP contribution in [0.25, 0.3) is 0 Å². The van der Waals surface area contributed by atoms with E-state index < -0.39 is 0 Å². The number of amides is 1. The van der Waals surface area contributed by atoms with Gasteiger partial charge in [0.1, 0.15) is 5.75 Å². The molecule has 1 aliphatic heterocycles. The molecule has 1 fully saturated rings. The number of rotatable bonds is 6. The van der Waals surface area contributed by atoms with E-state index >= 15 is 0 Å². The minimum Gasteiger partial charge on any atom is -0.495 e. The zero-order chi connectivity index (χ0) is 16.9. The van der Waals surface area contributed by atoms with Crippen LogP contribution in [-0.4, -0.2) is 41.0 Å². The zero-order valence-electron chi connectivity index (χ0n) is 14.0. The fourth-order valence-electron chi connectivity index (χ4n) is 3.05. The van der Waals surface area contributed by atoms with Crippen LogP contribution in [0.15, 0.2) is 24.7 Å². The fraction of sp³-hybridized carbons (Fsp3) is 0.471. The maximum atomic E-state index is 11.1.